The maximum absolute atomic E-state index is 14.5. The molecule has 0 aliphatic rings. The number of nitrogens with two attached hydrogens (primary N) is 1. The molecule has 32 heavy (non-hydrogen) atoms. The molecular weight excluding hydrogens is 409 g/mol. The molecule has 0 unspecified atom stereocenters. The molecule has 0 fully saturated rings. The van der Waals surface area contributed by atoms with E-state index < -0.39 is 0 Å². The van der Waals surface area contributed by atoms with E-state index in [4.69, 9.17) is 15.6 Å². The SMILES string of the molecule is Nc1nccc2c(-c3cc(-c4ccccc4F)nc4ncccc34)ncc(OCCO)c12. The van der Waals surface area contributed by atoms with Crippen molar-refractivity contribution in [2.24, 2.45) is 0 Å². The standard InChI is InChI=1S/C24H18FN5O2/c25-18-6-2-1-4-15(18)19-12-17(14-5-3-8-28-24(14)30-19)22-16-7-9-27-23(26)21(16)20(13-29-22)32-11-10-31/h1-9,12-13,31H,10-11H2,(H2,26,27). The maximum Gasteiger partial charge on any atom is 0.160 e. The van der Waals surface area contributed by atoms with Crippen molar-refractivity contribution in [1.82, 2.24) is 19.9 Å². The Bertz CT molecular complexity index is 1460. The van der Waals surface area contributed by atoms with Crippen molar-refractivity contribution in [2.75, 3.05) is 18.9 Å². The minimum atomic E-state index is -0.375. The number of aromatic nitrogens is 4. The molecule has 0 saturated carbocycles. The van der Waals surface area contributed by atoms with Gasteiger partial charge in [-0.2, -0.15) is 0 Å². The van der Waals surface area contributed by atoms with Crippen LogP contribution in [-0.4, -0.2) is 38.3 Å². The first-order valence-corrected chi connectivity index (χ1v) is 9.95. The second-order valence-corrected chi connectivity index (χ2v) is 7.07. The van der Waals surface area contributed by atoms with E-state index in [9.17, 15) is 4.39 Å². The molecule has 3 N–H and O–H groups in total. The number of fused-ring (bicyclic) bond motifs is 2. The summed E-state index contributed by atoms with van der Waals surface area (Å²) in [5, 5.41) is 11.2. The fourth-order valence-corrected chi connectivity index (χ4v) is 3.73. The number of benzene rings is 1. The van der Waals surface area contributed by atoms with Crippen LogP contribution in [0.1, 0.15) is 0 Å². The number of aliphatic hydroxyl groups is 1. The van der Waals surface area contributed by atoms with Crippen LogP contribution in [0.3, 0.4) is 0 Å². The largest absolute Gasteiger partial charge is 0.489 e. The predicted octanol–water partition coefficient (Wildman–Crippen LogP) is 4.00. The monoisotopic (exact) mass is 427 g/mol. The van der Waals surface area contributed by atoms with Crippen molar-refractivity contribution in [2.45, 2.75) is 0 Å². The lowest BCUT2D eigenvalue weighted by molar-refractivity contribution is 0.202. The number of rotatable bonds is 5. The third-order valence-corrected chi connectivity index (χ3v) is 5.13. The molecule has 0 aliphatic heterocycles. The van der Waals surface area contributed by atoms with Crippen LogP contribution in [0.4, 0.5) is 10.2 Å². The Morgan fingerprint density at radius 2 is 1.81 bits per heavy atom. The molecule has 4 aromatic heterocycles. The molecule has 4 heterocycles. The Labute approximate surface area is 182 Å². The molecule has 0 aliphatic carbocycles. The normalized spacial score (nSPS) is 11.2. The summed E-state index contributed by atoms with van der Waals surface area (Å²) >= 11 is 0. The van der Waals surface area contributed by atoms with Gasteiger partial charge < -0.3 is 15.6 Å². The topological polar surface area (TPSA) is 107 Å². The van der Waals surface area contributed by atoms with Gasteiger partial charge in [0.1, 0.15) is 24.0 Å². The zero-order valence-electron chi connectivity index (χ0n) is 16.9. The van der Waals surface area contributed by atoms with Crippen molar-refractivity contribution in [1.29, 1.82) is 0 Å². The number of hydrogen-bond acceptors (Lipinski definition) is 7. The van der Waals surface area contributed by atoms with Gasteiger partial charge in [0, 0.05) is 34.3 Å². The van der Waals surface area contributed by atoms with Crippen LogP contribution in [0.25, 0.3) is 44.3 Å². The zero-order valence-corrected chi connectivity index (χ0v) is 16.9. The minimum absolute atomic E-state index is 0.101. The number of nitrogens with zero attached hydrogens (tertiary/aromatic N) is 4. The van der Waals surface area contributed by atoms with Gasteiger partial charge in [0.15, 0.2) is 5.65 Å². The third kappa shape index (κ3) is 3.36. The molecule has 7 nitrogen and oxygen atoms in total. The van der Waals surface area contributed by atoms with Crippen LogP contribution in [0.2, 0.25) is 0 Å². The van der Waals surface area contributed by atoms with E-state index in [2.05, 4.69) is 19.9 Å². The average Bonchev–Trinajstić information content (AvgIpc) is 2.82. The lowest BCUT2D eigenvalue weighted by Gasteiger charge is -2.14. The highest BCUT2D eigenvalue weighted by Crippen LogP contribution is 2.38. The molecule has 0 bridgehead atoms. The van der Waals surface area contributed by atoms with Crippen LogP contribution >= 0.6 is 0 Å². The van der Waals surface area contributed by atoms with Gasteiger partial charge in [0.05, 0.1) is 29.6 Å². The van der Waals surface area contributed by atoms with Gasteiger partial charge in [0.2, 0.25) is 0 Å². The fourth-order valence-electron chi connectivity index (χ4n) is 3.73. The first-order valence-electron chi connectivity index (χ1n) is 9.95. The smallest absolute Gasteiger partial charge is 0.160 e. The third-order valence-electron chi connectivity index (χ3n) is 5.13. The average molecular weight is 427 g/mol. The van der Waals surface area contributed by atoms with Crippen molar-refractivity contribution >= 4 is 27.6 Å². The van der Waals surface area contributed by atoms with Crippen LogP contribution in [0, 0.1) is 5.82 Å². The number of nitrogen functional groups attached to an aromatic ring is 1. The van der Waals surface area contributed by atoms with Gasteiger partial charge >= 0.3 is 0 Å². The van der Waals surface area contributed by atoms with E-state index in [0.29, 0.717) is 39.1 Å². The molecule has 1 aromatic carbocycles. The number of pyridine rings is 4. The Balaban J connectivity index is 1.82. The van der Waals surface area contributed by atoms with Gasteiger partial charge in [-0.3, -0.25) is 4.98 Å². The van der Waals surface area contributed by atoms with Gasteiger partial charge in [-0.05, 0) is 36.4 Å². The first-order chi connectivity index (χ1) is 15.7. The van der Waals surface area contributed by atoms with Gasteiger partial charge in [-0.15, -0.1) is 0 Å². The van der Waals surface area contributed by atoms with E-state index in [1.165, 1.54) is 6.07 Å². The summed E-state index contributed by atoms with van der Waals surface area (Å²) in [4.78, 5) is 17.8. The summed E-state index contributed by atoms with van der Waals surface area (Å²) in [5.41, 5.74) is 8.80. The quantitative estimate of drug-likeness (QED) is 0.437. The lowest BCUT2D eigenvalue weighted by Crippen LogP contribution is -2.04. The summed E-state index contributed by atoms with van der Waals surface area (Å²) in [6.45, 7) is -0.0416. The van der Waals surface area contributed by atoms with E-state index in [1.807, 2.05) is 12.1 Å². The molecule has 0 atom stereocenters. The first kappa shape index (κ1) is 19.8. The molecule has 0 radical (unpaired) electrons. The highest BCUT2D eigenvalue weighted by atomic mass is 19.1. The summed E-state index contributed by atoms with van der Waals surface area (Å²) in [5.74, 6) is 0.333. The Hall–Kier alpha value is -4.17. The van der Waals surface area contributed by atoms with Gasteiger partial charge in [0.25, 0.3) is 0 Å². The maximum atomic E-state index is 14.5. The fraction of sp³-hybridized carbons (Fsp3) is 0.0833. The Kier molecular flexibility index (Phi) is 5.04. The van der Waals surface area contributed by atoms with E-state index >= 15 is 0 Å². The molecule has 0 spiro atoms. The second-order valence-electron chi connectivity index (χ2n) is 7.07. The Morgan fingerprint density at radius 3 is 2.66 bits per heavy atom. The predicted molar refractivity (Wildman–Crippen MR) is 120 cm³/mol. The summed E-state index contributed by atoms with van der Waals surface area (Å²) in [7, 11) is 0. The molecule has 5 rings (SSSR count). The minimum Gasteiger partial charge on any atom is -0.489 e. The number of aliphatic hydroxyl groups excluding tert-OH is 1. The van der Waals surface area contributed by atoms with Crippen LogP contribution < -0.4 is 10.5 Å². The number of ether oxygens (including phenoxy) is 1. The summed E-state index contributed by atoms with van der Waals surface area (Å²) < 4.78 is 20.2. The number of halogens is 1. The van der Waals surface area contributed by atoms with Gasteiger partial charge in [-0.1, -0.05) is 12.1 Å². The van der Waals surface area contributed by atoms with Gasteiger partial charge in [-0.25, -0.2) is 19.3 Å². The molecule has 5 aromatic rings. The highest BCUT2D eigenvalue weighted by Gasteiger charge is 2.18. The van der Waals surface area contributed by atoms with Crippen molar-refractivity contribution in [3.05, 3.63) is 72.9 Å². The summed E-state index contributed by atoms with van der Waals surface area (Å²) in [6, 6.07) is 13.8. The zero-order chi connectivity index (χ0) is 22.1. The van der Waals surface area contributed by atoms with Crippen molar-refractivity contribution in [3.63, 3.8) is 0 Å². The highest BCUT2D eigenvalue weighted by molar-refractivity contribution is 6.07. The second kappa shape index (κ2) is 8.16. The van der Waals surface area contributed by atoms with Crippen LogP contribution in [0.5, 0.6) is 5.75 Å². The molecule has 0 amide bonds. The lowest BCUT2D eigenvalue weighted by atomic mass is 9.99. The van der Waals surface area contributed by atoms with E-state index in [-0.39, 0.29) is 24.8 Å². The number of anilines is 1. The molecule has 158 valence electrons. The van der Waals surface area contributed by atoms with E-state index in [1.54, 1.807) is 48.9 Å². The summed E-state index contributed by atoms with van der Waals surface area (Å²) in [6.07, 6.45) is 4.79. The van der Waals surface area contributed by atoms with Crippen LogP contribution in [-0.2, 0) is 0 Å². The van der Waals surface area contributed by atoms with Crippen molar-refractivity contribution < 1.29 is 14.2 Å². The molecular formula is C24H18FN5O2. The van der Waals surface area contributed by atoms with E-state index in [0.717, 1.165) is 10.9 Å². The Morgan fingerprint density at radius 1 is 0.938 bits per heavy atom. The number of hydrogen-bond donors (Lipinski definition) is 2. The van der Waals surface area contributed by atoms with Crippen molar-refractivity contribution in [3.8, 4) is 28.3 Å². The van der Waals surface area contributed by atoms with Crippen LogP contribution in [0.15, 0.2) is 67.1 Å². The molecule has 8 heteroatoms. The molecule has 0 saturated heterocycles.